The van der Waals surface area contributed by atoms with E-state index < -0.39 is 0 Å². The predicted octanol–water partition coefficient (Wildman–Crippen LogP) is 2.14. The average Bonchev–Trinajstić information content (AvgIpc) is 2.43. The Morgan fingerprint density at radius 3 is 2.63 bits per heavy atom. The Kier molecular flexibility index (Phi) is 7.15. The molecule has 1 amide bonds. The number of amides is 1. The molecule has 0 aliphatic heterocycles. The number of carbonyl (C=O) groups is 1. The molecule has 0 spiro atoms. The zero-order valence-corrected chi connectivity index (χ0v) is 11.8. The fourth-order valence-electron chi connectivity index (χ4n) is 1.82. The highest BCUT2D eigenvalue weighted by molar-refractivity contribution is 5.76. The van der Waals surface area contributed by atoms with E-state index in [9.17, 15) is 4.79 Å². The van der Waals surface area contributed by atoms with Gasteiger partial charge in [-0.1, -0.05) is 24.3 Å². The van der Waals surface area contributed by atoms with Gasteiger partial charge in [-0.2, -0.15) is 0 Å². The molecule has 0 aliphatic carbocycles. The topological polar surface area (TPSA) is 64.3 Å². The number of nitrogens with two attached hydrogens (primary N) is 1. The molecule has 0 fully saturated rings. The first-order valence-electron chi connectivity index (χ1n) is 6.83. The minimum atomic E-state index is 0.0198. The molecule has 0 heterocycles. The van der Waals surface area contributed by atoms with Crippen molar-refractivity contribution in [2.75, 3.05) is 13.2 Å². The molecular weight excluding hydrogens is 240 g/mol. The molecule has 0 radical (unpaired) electrons. The fraction of sp³-hybridized carbons (Fsp3) is 0.533. The fourth-order valence-corrected chi connectivity index (χ4v) is 1.82. The Bertz CT molecular complexity index is 376. The van der Waals surface area contributed by atoms with Gasteiger partial charge in [-0.15, -0.1) is 0 Å². The van der Waals surface area contributed by atoms with E-state index in [2.05, 4.69) is 5.32 Å². The van der Waals surface area contributed by atoms with Crippen molar-refractivity contribution in [2.24, 2.45) is 5.73 Å². The molecule has 1 aromatic rings. The van der Waals surface area contributed by atoms with E-state index >= 15 is 0 Å². The average molecular weight is 264 g/mol. The number of carbonyl (C=O) groups excluding carboxylic acids is 1. The Morgan fingerprint density at radius 2 is 2.05 bits per heavy atom. The van der Waals surface area contributed by atoms with Crippen LogP contribution in [0.2, 0.25) is 0 Å². The molecule has 1 rings (SSSR count). The second-order valence-corrected chi connectivity index (χ2v) is 4.54. The summed E-state index contributed by atoms with van der Waals surface area (Å²) < 4.78 is 5.21. The normalized spacial score (nSPS) is 12.2. The molecular formula is C15H24N2O2. The molecule has 0 bridgehead atoms. The largest absolute Gasteiger partial charge is 0.382 e. The van der Waals surface area contributed by atoms with Gasteiger partial charge >= 0.3 is 0 Å². The van der Waals surface area contributed by atoms with Gasteiger partial charge < -0.3 is 15.8 Å². The van der Waals surface area contributed by atoms with Crippen molar-refractivity contribution in [3.63, 3.8) is 0 Å². The lowest BCUT2D eigenvalue weighted by Gasteiger charge is -2.14. The van der Waals surface area contributed by atoms with Crippen molar-refractivity contribution in [1.82, 2.24) is 5.32 Å². The van der Waals surface area contributed by atoms with E-state index in [1.54, 1.807) is 0 Å². The molecule has 0 saturated carbocycles. The maximum atomic E-state index is 11.7. The molecule has 1 aromatic carbocycles. The Labute approximate surface area is 115 Å². The summed E-state index contributed by atoms with van der Waals surface area (Å²) in [6.45, 7) is 5.82. The summed E-state index contributed by atoms with van der Waals surface area (Å²) >= 11 is 0. The molecule has 0 aromatic heterocycles. The first-order chi connectivity index (χ1) is 9.17. The highest BCUT2D eigenvalue weighted by Gasteiger charge is 2.09. The van der Waals surface area contributed by atoms with E-state index in [0.29, 0.717) is 26.2 Å². The minimum Gasteiger partial charge on any atom is -0.382 e. The van der Waals surface area contributed by atoms with Crippen LogP contribution in [0.15, 0.2) is 24.3 Å². The molecule has 1 unspecified atom stereocenters. The van der Waals surface area contributed by atoms with Crippen LogP contribution in [0.25, 0.3) is 0 Å². The summed E-state index contributed by atoms with van der Waals surface area (Å²) in [6, 6.07) is 8.02. The lowest BCUT2D eigenvalue weighted by atomic mass is 10.1. The number of benzene rings is 1. The lowest BCUT2D eigenvalue weighted by Crippen LogP contribution is -2.26. The van der Waals surface area contributed by atoms with Crippen LogP contribution in [-0.4, -0.2) is 19.1 Å². The summed E-state index contributed by atoms with van der Waals surface area (Å²) in [5.74, 6) is 0.0649. The summed E-state index contributed by atoms with van der Waals surface area (Å²) in [5, 5.41) is 2.98. The van der Waals surface area contributed by atoms with Crippen molar-refractivity contribution in [2.45, 2.75) is 39.3 Å². The number of hydrogen-bond donors (Lipinski definition) is 2. The van der Waals surface area contributed by atoms with E-state index in [1.165, 1.54) is 0 Å². The Hall–Kier alpha value is -1.39. The molecule has 4 heteroatoms. The Morgan fingerprint density at radius 1 is 1.37 bits per heavy atom. The maximum absolute atomic E-state index is 11.7. The van der Waals surface area contributed by atoms with Crippen molar-refractivity contribution in [3.8, 4) is 0 Å². The van der Waals surface area contributed by atoms with Crippen LogP contribution in [0.3, 0.4) is 0 Å². The van der Waals surface area contributed by atoms with Crippen molar-refractivity contribution in [3.05, 3.63) is 35.4 Å². The van der Waals surface area contributed by atoms with Gasteiger partial charge in [0.05, 0.1) is 6.04 Å². The van der Waals surface area contributed by atoms with Crippen LogP contribution in [0.1, 0.15) is 43.9 Å². The van der Waals surface area contributed by atoms with Crippen LogP contribution < -0.4 is 11.1 Å². The van der Waals surface area contributed by atoms with Crippen molar-refractivity contribution >= 4 is 5.91 Å². The van der Waals surface area contributed by atoms with E-state index in [-0.39, 0.29) is 11.9 Å². The first-order valence-corrected chi connectivity index (χ1v) is 6.83. The molecule has 4 nitrogen and oxygen atoms in total. The van der Waals surface area contributed by atoms with Crippen molar-refractivity contribution < 1.29 is 9.53 Å². The van der Waals surface area contributed by atoms with Gasteiger partial charge in [0.15, 0.2) is 0 Å². The van der Waals surface area contributed by atoms with Gasteiger partial charge in [0.1, 0.15) is 0 Å². The van der Waals surface area contributed by atoms with Gasteiger partial charge in [0, 0.05) is 26.2 Å². The highest BCUT2D eigenvalue weighted by Crippen LogP contribution is 2.13. The zero-order chi connectivity index (χ0) is 14.1. The third-order valence-electron chi connectivity index (χ3n) is 2.99. The molecule has 19 heavy (non-hydrogen) atoms. The van der Waals surface area contributed by atoms with Gasteiger partial charge in [-0.25, -0.2) is 0 Å². The van der Waals surface area contributed by atoms with Crippen LogP contribution in [0, 0.1) is 0 Å². The van der Waals surface area contributed by atoms with E-state index in [1.807, 2.05) is 38.1 Å². The predicted molar refractivity (Wildman–Crippen MR) is 76.6 cm³/mol. The quantitative estimate of drug-likeness (QED) is 0.707. The van der Waals surface area contributed by atoms with Gasteiger partial charge in [-0.3, -0.25) is 4.79 Å². The third kappa shape index (κ3) is 5.85. The van der Waals surface area contributed by atoms with Crippen LogP contribution in [-0.2, 0) is 16.1 Å². The number of rotatable bonds is 8. The SMILES string of the molecule is CCOCCCC(=O)NC(C)c1ccc(CN)cc1. The Balaban J connectivity index is 2.36. The second-order valence-electron chi connectivity index (χ2n) is 4.54. The standard InChI is InChI=1S/C15H24N2O2/c1-3-19-10-4-5-15(18)17-12(2)14-8-6-13(11-16)7-9-14/h6-9,12H,3-5,10-11,16H2,1-2H3,(H,17,18). The van der Waals surface area contributed by atoms with Crippen molar-refractivity contribution in [1.29, 1.82) is 0 Å². The van der Waals surface area contributed by atoms with Gasteiger partial charge in [-0.05, 0) is 31.4 Å². The number of nitrogens with one attached hydrogen (secondary N) is 1. The highest BCUT2D eigenvalue weighted by atomic mass is 16.5. The van der Waals surface area contributed by atoms with Crippen LogP contribution >= 0.6 is 0 Å². The first kappa shape index (κ1) is 15.7. The minimum absolute atomic E-state index is 0.0198. The third-order valence-corrected chi connectivity index (χ3v) is 2.99. The van der Waals surface area contributed by atoms with E-state index in [0.717, 1.165) is 17.5 Å². The lowest BCUT2D eigenvalue weighted by molar-refractivity contribution is -0.122. The van der Waals surface area contributed by atoms with Gasteiger partial charge in [0.25, 0.3) is 0 Å². The monoisotopic (exact) mass is 264 g/mol. The summed E-state index contributed by atoms with van der Waals surface area (Å²) in [7, 11) is 0. The summed E-state index contributed by atoms with van der Waals surface area (Å²) in [4.78, 5) is 11.7. The smallest absolute Gasteiger partial charge is 0.220 e. The summed E-state index contributed by atoms with van der Waals surface area (Å²) in [6.07, 6.45) is 1.27. The summed E-state index contributed by atoms with van der Waals surface area (Å²) in [5.41, 5.74) is 7.74. The zero-order valence-electron chi connectivity index (χ0n) is 11.8. The van der Waals surface area contributed by atoms with E-state index in [4.69, 9.17) is 10.5 Å². The van der Waals surface area contributed by atoms with Crippen LogP contribution in [0.4, 0.5) is 0 Å². The van der Waals surface area contributed by atoms with Gasteiger partial charge in [0.2, 0.25) is 5.91 Å². The molecule has 0 saturated heterocycles. The number of ether oxygens (including phenoxy) is 1. The number of hydrogen-bond acceptors (Lipinski definition) is 3. The second kappa shape index (κ2) is 8.67. The molecule has 1 atom stereocenters. The molecule has 106 valence electrons. The molecule has 0 aliphatic rings. The van der Waals surface area contributed by atoms with Crippen LogP contribution in [0.5, 0.6) is 0 Å². The molecule has 3 N–H and O–H groups in total. The maximum Gasteiger partial charge on any atom is 0.220 e.